The Morgan fingerprint density at radius 2 is 1.61 bits per heavy atom. The highest BCUT2D eigenvalue weighted by molar-refractivity contribution is 6.00. The van der Waals surface area contributed by atoms with Crippen LogP contribution in [0.25, 0.3) is 0 Å². The van der Waals surface area contributed by atoms with E-state index >= 15 is 9.59 Å². The molecule has 1 aromatic carbocycles. The molecule has 5 saturated heterocycles. The summed E-state index contributed by atoms with van der Waals surface area (Å²) in [6.45, 7) is 5.49. The maximum atomic E-state index is 16.9. The Labute approximate surface area is 446 Å². The molecule has 6 saturated carbocycles. The van der Waals surface area contributed by atoms with Crippen molar-refractivity contribution >= 4 is 11.9 Å². The Morgan fingerprint density at radius 3 is 2.40 bits per heavy atom. The van der Waals surface area contributed by atoms with E-state index in [1.54, 1.807) is 16.8 Å². The fraction of sp³-hybridized carbons (Fsp3) is 0.761. The quantitative estimate of drug-likeness (QED) is 0.227. The van der Waals surface area contributed by atoms with E-state index in [0.29, 0.717) is 101 Å². The van der Waals surface area contributed by atoms with Gasteiger partial charge < -0.3 is 25.2 Å². The third-order valence-electron chi connectivity index (χ3n) is 28.2. The molecule has 398 valence electrons. The van der Waals surface area contributed by atoms with Crippen molar-refractivity contribution < 1.29 is 24.2 Å². The molecule has 16 unspecified atom stereocenters. The SMILES string of the molecule is CC1CC2=C3C4C5=C6C(C=CC(C7CCCC7)CC7C68C(=O)OC(=C(O)C6CC9CCC%10(CC%11(CCCC%11)C%11(CCCC%11)C%10)C6N6CC%10CC(CN3C%10CC2)C96)C8(CC5)C72OC(=O)c3c(CCCN)cccc32)CC14. The highest BCUT2D eigenvalue weighted by Gasteiger charge is 2.94. The second-order valence-corrected chi connectivity index (χ2v) is 30.1. The number of fused-ring (bicyclic) bond motifs is 8. The molecule has 16 atom stereocenters. The Bertz CT molecular complexity index is 2830. The van der Waals surface area contributed by atoms with E-state index in [1.807, 2.05) is 0 Å². The molecule has 8 nitrogen and oxygen atoms in total. The Kier molecular flexibility index (Phi) is 9.16. The molecule has 18 aliphatic rings. The van der Waals surface area contributed by atoms with Crippen molar-refractivity contribution in [1.29, 1.82) is 0 Å². The van der Waals surface area contributed by atoms with Crippen molar-refractivity contribution in [2.75, 3.05) is 19.6 Å². The second-order valence-electron chi connectivity index (χ2n) is 30.1. The predicted octanol–water partition coefficient (Wildman–Crippen LogP) is 12.8. The molecule has 10 aliphatic carbocycles. The van der Waals surface area contributed by atoms with E-state index in [4.69, 9.17) is 15.2 Å². The molecule has 0 aromatic heterocycles. The van der Waals surface area contributed by atoms with Crippen LogP contribution in [0.5, 0.6) is 0 Å². The van der Waals surface area contributed by atoms with Crippen molar-refractivity contribution in [1.82, 2.24) is 9.80 Å². The van der Waals surface area contributed by atoms with Gasteiger partial charge in [0.1, 0.15) is 11.2 Å². The number of piperidine rings is 3. The van der Waals surface area contributed by atoms with Gasteiger partial charge in [-0.1, -0.05) is 86.9 Å². The largest absolute Gasteiger partial charge is 0.508 e. The summed E-state index contributed by atoms with van der Waals surface area (Å²) in [5.41, 5.74) is 13.1. The van der Waals surface area contributed by atoms with Crippen LogP contribution in [0.4, 0.5) is 0 Å². The van der Waals surface area contributed by atoms with Crippen LogP contribution in [0, 0.1) is 92.2 Å². The zero-order valence-corrected chi connectivity index (χ0v) is 45.2. The van der Waals surface area contributed by atoms with E-state index < -0.39 is 16.4 Å². The number of carbonyl (C=O) groups is 2. The lowest BCUT2D eigenvalue weighted by Crippen LogP contribution is -2.78. The standard InChI is InChI=1S/C67H85N3O5/c1-37-28-42-17-18-50-44-29-45-34-69(50)56(42)53-46-20-26-65-59(57(71)48-31-43-19-25-62(58(48)70(33-44)55(43)45)35-63(21-4-5-22-63)64(36-62)23-6-7-24-64)74-61(73)66(65)51(67(65)49-14-8-12-39(13-9-27-68)52(49)60(72)75-67)32-40(38-10-2-3-11-38)15-16-41(54(46)66)30-47(37)53/h8,12,14-16,37-38,40-41,43-45,47-48,50-51,53,55,58,71H,2-7,9-11,13,17-36,68H2,1H3. The summed E-state index contributed by atoms with van der Waals surface area (Å²) in [6.07, 6.45) is 37.5. The van der Waals surface area contributed by atoms with E-state index in [1.165, 1.54) is 141 Å². The lowest BCUT2D eigenvalue weighted by Gasteiger charge is -2.73. The summed E-state index contributed by atoms with van der Waals surface area (Å²) in [6, 6.07) is 7.85. The maximum absolute atomic E-state index is 16.9. The normalized spacial score (nSPS) is 47.2. The maximum Gasteiger partial charge on any atom is 0.339 e. The van der Waals surface area contributed by atoms with Crippen LogP contribution in [0.2, 0.25) is 0 Å². The molecular weight excluding hydrogens is 927 g/mol. The van der Waals surface area contributed by atoms with Gasteiger partial charge in [-0.15, -0.1) is 0 Å². The van der Waals surface area contributed by atoms with Gasteiger partial charge in [0.05, 0.1) is 11.0 Å². The second kappa shape index (κ2) is 15.1. The summed E-state index contributed by atoms with van der Waals surface area (Å²) in [7, 11) is 0. The summed E-state index contributed by atoms with van der Waals surface area (Å²) < 4.78 is 15.1. The topological polar surface area (TPSA) is 105 Å². The number of esters is 2. The van der Waals surface area contributed by atoms with Crippen LogP contribution in [0.3, 0.4) is 0 Å². The van der Waals surface area contributed by atoms with Crippen molar-refractivity contribution in [2.45, 2.75) is 204 Å². The molecular formula is C67H85N3O5. The first-order valence-corrected chi connectivity index (χ1v) is 32.0. The smallest absolute Gasteiger partial charge is 0.339 e. The Hall–Kier alpha value is -3.36. The van der Waals surface area contributed by atoms with Gasteiger partial charge >= 0.3 is 11.9 Å². The zero-order valence-electron chi connectivity index (χ0n) is 45.2. The monoisotopic (exact) mass is 1010 g/mol. The number of benzene rings is 1. The minimum Gasteiger partial charge on any atom is -0.508 e. The molecule has 19 rings (SSSR count). The average molecular weight is 1010 g/mol. The number of rotatable bonds is 4. The molecule has 75 heavy (non-hydrogen) atoms. The highest BCUT2D eigenvalue weighted by Crippen LogP contribution is 2.89. The predicted molar refractivity (Wildman–Crippen MR) is 286 cm³/mol. The molecule has 3 N–H and O–H groups in total. The molecule has 8 heteroatoms. The molecule has 8 heterocycles. The molecule has 0 radical (unpaired) electrons. The lowest BCUT2D eigenvalue weighted by molar-refractivity contribution is -0.282. The van der Waals surface area contributed by atoms with E-state index in [2.05, 4.69) is 47.1 Å². The van der Waals surface area contributed by atoms with Crippen LogP contribution >= 0.6 is 0 Å². The molecule has 6 spiro atoms. The summed E-state index contributed by atoms with van der Waals surface area (Å²) >= 11 is 0. The van der Waals surface area contributed by atoms with Gasteiger partial charge in [-0.3, -0.25) is 9.69 Å². The van der Waals surface area contributed by atoms with Crippen LogP contribution < -0.4 is 5.73 Å². The number of ether oxygens (including phenoxy) is 2. The molecule has 9 bridgehead atoms. The number of aliphatic hydroxyl groups excluding tert-OH is 1. The van der Waals surface area contributed by atoms with Crippen molar-refractivity contribution in [3.05, 3.63) is 81.0 Å². The minimum absolute atomic E-state index is 0.108. The number of hydrogen-bond donors (Lipinski definition) is 2. The average Bonchev–Trinajstić information content (AvgIpc) is 4.42. The van der Waals surface area contributed by atoms with Crippen molar-refractivity contribution in [3.8, 4) is 0 Å². The number of aliphatic hydroxyl groups is 1. The van der Waals surface area contributed by atoms with Gasteiger partial charge in [0.25, 0.3) is 0 Å². The number of hydrogen-bond acceptors (Lipinski definition) is 8. The molecule has 1 aromatic rings. The van der Waals surface area contributed by atoms with E-state index in [0.717, 1.165) is 49.8 Å². The molecule has 8 aliphatic heterocycles. The fourth-order valence-electron chi connectivity index (χ4n) is 26.4. The minimum atomic E-state index is -1.13. The number of nitrogens with zero attached hydrogens (tertiary/aromatic N) is 2. The number of carbonyl (C=O) groups excluding carboxylic acids is 2. The van der Waals surface area contributed by atoms with Crippen LogP contribution in [-0.4, -0.2) is 64.6 Å². The first-order chi connectivity index (χ1) is 36.6. The Morgan fingerprint density at radius 1 is 0.813 bits per heavy atom. The van der Waals surface area contributed by atoms with Crippen LogP contribution in [0.15, 0.2) is 64.3 Å². The summed E-state index contributed by atoms with van der Waals surface area (Å²) in [5.74, 6) is 4.29. The van der Waals surface area contributed by atoms with Crippen LogP contribution in [-0.2, 0) is 26.3 Å². The number of aryl methyl sites for hydroxylation is 1. The van der Waals surface area contributed by atoms with Gasteiger partial charge in [-0.25, -0.2) is 4.79 Å². The first-order valence-electron chi connectivity index (χ1n) is 32.0. The molecule has 11 fully saturated rings. The van der Waals surface area contributed by atoms with Gasteiger partial charge in [-0.2, -0.15) is 0 Å². The zero-order chi connectivity index (χ0) is 49.8. The molecule has 0 amide bonds. The van der Waals surface area contributed by atoms with Gasteiger partial charge in [0.2, 0.25) is 0 Å². The van der Waals surface area contributed by atoms with E-state index in [-0.39, 0.29) is 47.1 Å². The Balaban J connectivity index is 0.936. The summed E-state index contributed by atoms with van der Waals surface area (Å²) in [5, 5.41) is 14.6. The summed E-state index contributed by atoms with van der Waals surface area (Å²) in [4.78, 5) is 38.7. The third-order valence-corrected chi connectivity index (χ3v) is 28.2. The first kappa shape index (κ1) is 45.5. The highest BCUT2D eigenvalue weighted by atomic mass is 16.6. The lowest BCUT2D eigenvalue weighted by atomic mass is 9.27. The number of allylic oxidation sites excluding steroid dienone is 4. The van der Waals surface area contributed by atoms with E-state index in [9.17, 15) is 5.11 Å². The van der Waals surface area contributed by atoms with Gasteiger partial charge in [0.15, 0.2) is 11.4 Å². The van der Waals surface area contributed by atoms with Gasteiger partial charge in [-0.05, 0) is 216 Å². The fourth-order valence-corrected chi connectivity index (χ4v) is 26.4. The van der Waals surface area contributed by atoms with Crippen molar-refractivity contribution in [2.24, 2.45) is 97.9 Å². The van der Waals surface area contributed by atoms with Crippen molar-refractivity contribution in [3.63, 3.8) is 0 Å². The van der Waals surface area contributed by atoms with Crippen LogP contribution in [0.1, 0.15) is 195 Å². The number of nitrogens with two attached hydrogens (primary N) is 1. The van der Waals surface area contributed by atoms with Gasteiger partial charge in [0, 0.05) is 60.2 Å². The third kappa shape index (κ3) is 5.09.